The first-order valence-corrected chi connectivity index (χ1v) is 8.74. The number of rotatable bonds is 10. The molecule has 0 spiro atoms. The Morgan fingerprint density at radius 1 is 0.800 bits per heavy atom. The first-order valence-electron chi connectivity index (χ1n) is 8.74. The van der Waals surface area contributed by atoms with E-state index in [1.807, 2.05) is 13.8 Å². The lowest BCUT2D eigenvalue weighted by Gasteiger charge is -2.26. The van der Waals surface area contributed by atoms with Gasteiger partial charge in [0.15, 0.2) is 6.29 Å². The van der Waals surface area contributed by atoms with E-state index in [9.17, 15) is 5.11 Å². The number of unbranched alkanes of at least 4 members (excludes halogenated alkanes) is 8. The summed E-state index contributed by atoms with van der Waals surface area (Å²) in [4.78, 5) is 0. The molecular formula is C17H36O3. The third-order valence-corrected chi connectivity index (χ3v) is 3.49. The number of hydrogen-bond acceptors (Lipinski definition) is 3. The summed E-state index contributed by atoms with van der Waals surface area (Å²) in [5.74, 6) is 0. The Labute approximate surface area is 126 Å². The third kappa shape index (κ3) is 11.7. The van der Waals surface area contributed by atoms with Gasteiger partial charge in [0.25, 0.3) is 0 Å². The summed E-state index contributed by atoms with van der Waals surface area (Å²) in [6.45, 7) is 7.12. The second kappa shape index (κ2) is 15.3. The maximum atomic E-state index is 9.21. The normalized spacial score (nSPS) is 22.2. The fourth-order valence-corrected chi connectivity index (χ4v) is 2.32. The van der Waals surface area contributed by atoms with Gasteiger partial charge in [-0.15, -0.1) is 0 Å². The van der Waals surface area contributed by atoms with E-state index in [4.69, 9.17) is 9.47 Å². The maximum absolute atomic E-state index is 9.21. The fraction of sp³-hybridized carbons (Fsp3) is 1.00. The average Bonchev–Trinajstić information content (AvgIpc) is 2.49. The van der Waals surface area contributed by atoms with Crippen molar-refractivity contribution >= 4 is 0 Å². The van der Waals surface area contributed by atoms with Crippen LogP contribution in [-0.4, -0.2) is 30.7 Å². The molecule has 1 aliphatic rings. The van der Waals surface area contributed by atoms with Gasteiger partial charge < -0.3 is 14.6 Å². The van der Waals surface area contributed by atoms with E-state index in [0.29, 0.717) is 13.2 Å². The summed E-state index contributed by atoms with van der Waals surface area (Å²) in [7, 11) is 0. The maximum Gasteiger partial charge on any atom is 0.157 e. The lowest BCUT2D eigenvalue weighted by molar-refractivity contribution is -0.218. The lowest BCUT2D eigenvalue weighted by Crippen LogP contribution is -2.35. The molecule has 1 saturated heterocycles. The van der Waals surface area contributed by atoms with Crippen LogP contribution in [0.5, 0.6) is 0 Å². The van der Waals surface area contributed by atoms with Gasteiger partial charge in [0.1, 0.15) is 6.10 Å². The van der Waals surface area contributed by atoms with Gasteiger partial charge in [-0.25, -0.2) is 0 Å². The van der Waals surface area contributed by atoms with Crippen LogP contribution in [0.3, 0.4) is 0 Å². The molecule has 0 aromatic rings. The van der Waals surface area contributed by atoms with Gasteiger partial charge in [-0.3, -0.25) is 0 Å². The van der Waals surface area contributed by atoms with Crippen LogP contribution >= 0.6 is 0 Å². The Morgan fingerprint density at radius 2 is 1.25 bits per heavy atom. The average molecular weight is 288 g/mol. The summed E-state index contributed by atoms with van der Waals surface area (Å²) in [6, 6.07) is 0. The van der Waals surface area contributed by atoms with Crippen molar-refractivity contribution in [3.63, 3.8) is 0 Å². The molecule has 3 heteroatoms. The molecule has 1 fully saturated rings. The number of aliphatic hydroxyl groups is 1. The van der Waals surface area contributed by atoms with Gasteiger partial charge >= 0.3 is 0 Å². The van der Waals surface area contributed by atoms with E-state index in [1.54, 1.807) is 0 Å². The van der Waals surface area contributed by atoms with Gasteiger partial charge in [-0.05, 0) is 12.8 Å². The van der Waals surface area contributed by atoms with E-state index in [2.05, 4.69) is 6.92 Å². The van der Waals surface area contributed by atoms with Crippen LogP contribution in [-0.2, 0) is 9.47 Å². The van der Waals surface area contributed by atoms with Crippen LogP contribution in [0.1, 0.15) is 85.0 Å². The zero-order valence-corrected chi connectivity index (χ0v) is 13.9. The van der Waals surface area contributed by atoms with Crippen molar-refractivity contribution in [3.8, 4) is 0 Å². The highest BCUT2D eigenvalue weighted by Gasteiger charge is 2.19. The molecule has 0 amide bonds. The van der Waals surface area contributed by atoms with E-state index in [0.717, 1.165) is 6.42 Å². The number of aliphatic hydroxyl groups excluding tert-OH is 1. The second-order valence-corrected chi connectivity index (χ2v) is 5.37. The van der Waals surface area contributed by atoms with Gasteiger partial charge in [-0.1, -0.05) is 72.1 Å². The van der Waals surface area contributed by atoms with Crippen molar-refractivity contribution in [1.82, 2.24) is 0 Å². The molecule has 1 aliphatic heterocycles. The van der Waals surface area contributed by atoms with Gasteiger partial charge in [-0.2, -0.15) is 0 Å². The molecule has 0 aromatic carbocycles. The standard InChI is InChI=1S/C15H30O3.C2H6/c1-2-3-4-5-6-7-8-9-10-11-15-17-12-14(16)13-18-15;1-2/h14-16H,2-13H2,1H3;1-2H3. The van der Waals surface area contributed by atoms with Crippen LogP contribution in [0.25, 0.3) is 0 Å². The topological polar surface area (TPSA) is 38.7 Å². The van der Waals surface area contributed by atoms with Crippen molar-refractivity contribution in [2.45, 2.75) is 97.4 Å². The third-order valence-electron chi connectivity index (χ3n) is 3.49. The molecule has 0 atom stereocenters. The second-order valence-electron chi connectivity index (χ2n) is 5.37. The number of ether oxygens (including phenoxy) is 2. The minimum atomic E-state index is -0.427. The molecule has 0 saturated carbocycles. The molecule has 1 rings (SSSR count). The van der Waals surface area contributed by atoms with E-state index >= 15 is 0 Å². The molecule has 20 heavy (non-hydrogen) atoms. The molecule has 1 heterocycles. The Balaban J connectivity index is 0.00000172. The summed E-state index contributed by atoms with van der Waals surface area (Å²) < 4.78 is 10.8. The largest absolute Gasteiger partial charge is 0.388 e. The Morgan fingerprint density at radius 3 is 1.75 bits per heavy atom. The summed E-state index contributed by atoms with van der Waals surface area (Å²) in [5, 5.41) is 9.21. The van der Waals surface area contributed by atoms with E-state index in [-0.39, 0.29) is 6.29 Å². The van der Waals surface area contributed by atoms with Crippen LogP contribution < -0.4 is 0 Å². The molecule has 0 unspecified atom stereocenters. The quantitative estimate of drug-likeness (QED) is 0.594. The molecule has 122 valence electrons. The molecular weight excluding hydrogens is 252 g/mol. The summed E-state index contributed by atoms with van der Waals surface area (Å²) >= 11 is 0. The van der Waals surface area contributed by atoms with E-state index < -0.39 is 6.10 Å². The molecule has 1 N–H and O–H groups in total. The Hall–Kier alpha value is -0.120. The summed E-state index contributed by atoms with van der Waals surface area (Å²) in [6.07, 6.45) is 12.6. The van der Waals surface area contributed by atoms with E-state index in [1.165, 1.54) is 57.8 Å². The molecule has 0 bridgehead atoms. The minimum absolute atomic E-state index is 0.0713. The van der Waals surface area contributed by atoms with Crippen molar-refractivity contribution < 1.29 is 14.6 Å². The van der Waals surface area contributed by atoms with Crippen LogP contribution in [0, 0.1) is 0 Å². The fourth-order valence-electron chi connectivity index (χ4n) is 2.32. The van der Waals surface area contributed by atoms with Crippen LogP contribution in [0.4, 0.5) is 0 Å². The molecule has 0 aromatic heterocycles. The first kappa shape index (κ1) is 19.9. The van der Waals surface area contributed by atoms with Gasteiger partial charge in [0.2, 0.25) is 0 Å². The van der Waals surface area contributed by atoms with Gasteiger partial charge in [0.05, 0.1) is 13.2 Å². The van der Waals surface area contributed by atoms with Crippen molar-refractivity contribution in [1.29, 1.82) is 0 Å². The summed E-state index contributed by atoms with van der Waals surface area (Å²) in [5.41, 5.74) is 0. The predicted molar refractivity (Wildman–Crippen MR) is 84.9 cm³/mol. The molecule has 0 aliphatic carbocycles. The van der Waals surface area contributed by atoms with Crippen molar-refractivity contribution in [2.75, 3.05) is 13.2 Å². The zero-order valence-electron chi connectivity index (χ0n) is 13.9. The minimum Gasteiger partial charge on any atom is -0.388 e. The Kier molecular flexibility index (Phi) is 15.2. The molecule has 0 radical (unpaired) electrons. The Bertz CT molecular complexity index is 177. The zero-order chi connectivity index (χ0) is 15.1. The molecule has 3 nitrogen and oxygen atoms in total. The SMILES string of the molecule is CC.CCCCCCCCCCCC1OCC(O)CO1. The lowest BCUT2D eigenvalue weighted by atomic mass is 10.1. The number of hydrogen-bond donors (Lipinski definition) is 1. The van der Waals surface area contributed by atoms with Gasteiger partial charge in [0, 0.05) is 0 Å². The van der Waals surface area contributed by atoms with Crippen molar-refractivity contribution in [3.05, 3.63) is 0 Å². The highest BCUT2D eigenvalue weighted by atomic mass is 16.7. The van der Waals surface area contributed by atoms with Crippen LogP contribution in [0.15, 0.2) is 0 Å². The first-order chi connectivity index (χ1) is 9.83. The smallest absolute Gasteiger partial charge is 0.157 e. The monoisotopic (exact) mass is 288 g/mol. The van der Waals surface area contributed by atoms with Crippen LogP contribution in [0.2, 0.25) is 0 Å². The van der Waals surface area contributed by atoms with Crippen molar-refractivity contribution in [2.24, 2.45) is 0 Å². The highest BCUT2D eigenvalue weighted by molar-refractivity contribution is 4.60. The highest BCUT2D eigenvalue weighted by Crippen LogP contribution is 2.15. The predicted octanol–water partition coefficient (Wildman–Crippen LogP) is 4.67.